The average molecular weight is 205 g/mol. The third kappa shape index (κ3) is 1.42. The summed E-state index contributed by atoms with van der Waals surface area (Å²) in [6.07, 6.45) is 10.5. The summed E-state index contributed by atoms with van der Waals surface area (Å²) < 4.78 is 5.74. The number of fused-ring (bicyclic) bond motifs is 3. The fourth-order valence-electron chi connectivity index (χ4n) is 2.85. The van der Waals surface area contributed by atoms with E-state index in [0.717, 1.165) is 12.8 Å². The molecule has 3 nitrogen and oxygen atoms in total. The van der Waals surface area contributed by atoms with E-state index in [1.54, 1.807) is 0 Å². The third-order valence-electron chi connectivity index (χ3n) is 3.59. The molecule has 0 radical (unpaired) electrons. The Morgan fingerprint density at radius 2 is 2.27 bits per heavy atom. The van der Waals surface area contributed by atoms with Crippen molar-refractivity contribution in [2.45, 2.75) is 25.0 Å². The van der Waals surface area contributed by atoms with Crippen molar-refractivity contribution < 1.29 is 9.53 Å². The molecule has 3 heteroatoms. The Morgan fingerprint density at radius 1 is 1.33 bits per heavy atom. The number of rotatable bonds is 0. The van der Waals surface area contributed by atoms with Crippen molar-refractivity contribution in [1.82, 2.24) is 5.32 Å². The molecule has 0 aromatic carbocycles. The molecule has 0 aromatic rings. The van der Waals surface area contributed by atoms with Gasteiger partial charge in [0, 0.05) is 5.92 Å². The van der Waals surface area contributed by atoms with Crippen molar-refractivity contribution in [2.75, 3.05) is 6.61 Å². The molecule has 1 N–H and O–H groups in total. The molecule has 1 amide bonds. The number of hydrogen-bond donors (Lipinski definition) is 1. The van der Waals surface area contributed by atoms with Gasteiger partial charge < -0.3 is 10.1 Å². The Bertz CT molecular complexity index is 335. The van der Waals surface area contributed by atoms with Crippen LogP contribution in [0.5, 0.6) is 0 Å². The number of hydrogen-bond acceptors (Lipinski definition) is 2. The SMILES string of the molecule is O=C1NC2C=CCCC2C2OCC=CC12. The molecular formula is C12H15NO2. The van der Waals surface area contributed by atoms with E-state index >= 15 is 0 Å². The maximum Gasteiger partial charge on any atom is 0.230 e. The minimum atomic E-state index is -0.0634. The number of nitrogens with one attached hydrogen (secondary N) is 1. The van der Waals surface area contributed by atoms with E-state index in [4.69, 9.17) is 4.74 Å². The van der Waals surface area contributed by atoms with Gasteiger partial charge in [0.1, 0.15) is 0 Å². The fourth-order valence-corrected chi connectivity index (χ4v) is 2.85. The largest absolute Gasteiger partial charge is 0.373 e. The molecular weight excluding hydrogens is 190 g/mol. The van der Waals surface area contributed by atoms with Crippen LogP contribution in [-0.2, 0) is 9.53 Å². The Labute approximate surface area is 89.2 Å². The van der Waals surface area contributed by atoms with Crippen molar-refractivity contribution in [2.24, 2.45) is 11.8 Å². The highest BCUT2D eigenvalue weighted by Gasteiger charge is 2.43. The van der Waals surface area contributed by atoms with Crippen LogP contribution >= 0.6 is 0 Å². The average Bonchev–Trinajstić information content (AvgIpc) is 2.30. The zero-order valence-corrected chi connectivity index (χ0v) is 8.56. The first kappa shape index (κ1) is 9.16. The number of allylic oxidation sites excluding steroid dienone is 1. The van der Waals surface area contributed by atoms with Gasteiger partial charge >= 0.3 is 0 Å². The molecule has 0 saturated carbocycles. The topological polar surface area (TPSA) is 38.3 Å². The minimum absolute atomic E-state index is 0.0634. The van der Waals surface area contributed by atoms with Gasteiger partial charge in [-0.1, -0.05) is 24.3 Å². The summed E-state index contributed by atoms with van der Waals surface area (Å²) in [5.74, 6) is 0.512. The summed E-state index contributed by atoms with van der Waals surface area (Å²) in [5.41, 5.74) is 0. The van der Waals surface area contributed by atoms with Gasteiger partial charge in [-0.3, -0.25) is 4.79 Å². The number of carbonyl (C=O) groups is 1. The predicted octanol–water partition coefficient (Wildman–Crippen LogP) is 1.02. The van der Waals surface area contributed by atoms with E-state index in [1.165, 1.54) is 0 Å². The molecule has 1 fully saturated rings. The summed E-state index contributed by atoms with van der Waals surface area (Å²) in [7, 11) is 0. The second-order valence-electron chi connectivity index (χ2n) is 4.46. The maximum atomic E-state index is 11.8. The molecule has 4 unspecified atom stereocenters. The molecule has 0 spiro atoms. The molecule has 2 aliphatic heterocycles. The minimum Gasteiger partial charge on any atom is -0.373 e. The predicted molar refractivity (Wildman–Crippen MR) is 56.2 cm³/mol. The second kappa shape index (κ2) is 3.49. The number of amides is 1. The molecule has 80 valence electrons. The van der Waals surface area contributed by atoms with Gasteiger partial charge in [0.25, 0.3) is 0 Å². The van der Waals surface area contributed by atoms with E-state index in [1.807, 2.05) is 12.2 Å². The second-order valence-corrected chi connectivity index (χ2v) is 4.46. The van der Waals surface area contributed by atoms with Crippen LogP contribution < -0.4 is 5.32 Å². The lowest BCUT2D eigenvalue weighted by Gasteiger charge is -2.43. The number of ether oxygens (including phenoxy) is 1. The third-order valence-corrected chi connectivity index (χ3v) is 3.59. The smallest absolute Gasteiger partial charge is 0.230 e. The van der Waals surface area contributed by atoms with E-state index < -0.39 is 0 Å². The first-order valence-corrected chi connectivity index (χ1v) is 5.61. The van der Waals surface area contributed by atoms with E-state index in [-0.39, 0.29) is 24.0 Å². The van der Waals surface area contributed by atoms with Gasteiger partial charge in [0.15, 0.2) is 0 Å². The van der Waals surface area contributed by atoms with Gasteiger partial charge in [-0.25, -0.2) is 0 Å². The molecule has 0 aromatic heterocycles. The normalized spacial score (nSPS) is 43.1. The van der Waals surface area contributed by atoms with E-state index in [2.05, 4.69) is 17.5 Å². The van der Waals surface area contributed by atoms with Crippen LogP contribution in [0.2, 0.25) is 0 Å². The van der Waals surface area contributed by atoms with Crippen molar-refractivity contribution >= 4 is 5.91 Å². The molecule has 15 heavy (non-hydrogen) atoms. The fraction of sp³-hybridized carbons (Fsp3) is 0.583. The first-order valence-electron chi connectivity index (χ1n) is 5.61. The summed E-state index contributed by atoms with van der Waals surface area (Å²) in [4.78, 5) is 11.8. The molecule has 4 atom stereocenters. The van der Waals surface area contributed by atoms with Crippen LogP contribution in [0.25, 0.3) is 0 Å². The number of piperidine rings is 1. The summed E-state index contributed by atoms with van der Waals surface area (Å²) in [5, 5.41) is 3.06. The lowest BCUT2D eigenvalue weighted by atomic mass is 9.75. The highest BCUT2D eigenvalue weighted by Crippen LogP contribution is 2.34. The van der Waals surface area contributed by atoms with Gasteiger partial charge in [-0.15, -0.1) is 0 Å². The lowest BCUT2D eigenvalue weighted by molar-refractivity contribution is -0.137. The molecule has 1 saturated heterocycles. The molecule has 0 bridgehead atoms. The number of carbonyl (C=O) groups excluding carboxylic acids is 1. The van der Waals surface area contributed by atoms with Crippen LogP contribution in [0, 0.1) is 11.8 Å². The zero-order chi connectivity index (χ0) is 10.3. The van der Waals surface area contributed by atoms with Crippen LogP contribution in [0.15, 0.2) is 24.3 Å². The zero-order valence-electron chi connectivity index (χ0n) is 8.56. The van der Waals surface area contributed by atoms with Gasteiger partial charge in [-0.2, -0.15) is 0 Å². The summed E-state index contributed by atoms with van der Waals surface area (Å²) >= 11 is 0. The molecule has 3 rings (SSSR count). The van der Waals surface area contributed by atoms with Crippen molar-refractivity contribution in [3.63, 3.8) is 0 Å². The monoisotopic (exact) mass is 205 g/mol. The Morgan fingerprint density at radius 3 is 3.20 bits per heavy atom. The molecule has 3 aliphatic rings. The summed E-state index contributed by atoms with van der Waals surface area (Å²) in [6, 6.07) is 0.194. The highest BCUT2D eigenvalue weighted by molar-refractivity contribution is 5.83. The van der Waals surface area contributed by atoms with Crippen LogP contribution in [0.3, 0.4) is 0 Å². The van der Waals surface area contributed by atoms with Crippen molar-refractivity contribution in [1.29, 1.82) is 0 Å². The molecule has 2 heterocycles. The van der Waals surface area contributed by atoms with E-state index in [9.17, 15) is 4.79 Å². The first-order chi connectivity index (χ1) is 7.36. The van der Waals surface area contributed by atoms with Gasteiger partial charge in [0.05, 0.1) is 24.7 Å². The highest BCUT2D eigenvalue weighted by atomic mass is 16.5. The Kier molecular flexibility index (Phi) is 2.13. The van der Waals surface area contributed by atoms with Crippen LogP contribution in [0.4, 0.5) is 0 Å². The van der Waals surface area contributed by atoms with Crippen LogP contribution in [0.1, 0.15) is 12.8 Å². The standard InChI is InChI=1S/C12H15NO2/c14-12-9-5-3-7-15-11(9)8-4-1-2-6-10(8)13-12/h2-3,5-6,8-11H,1,4,7H2,(H,13,14). The van der Waals surface area contributed by atoms with Gasteiger partial charge in [0.2, 0.25) is 5.91 Å². The van der Waals surface area contributed by atoms with E-state index in [0.29, 0.717) is 12.5 Å². The van der Waals surface area contributed by atoms with Crippen molar-refractivity contribution in [3.05, 3.63) is 24.3 Å². The van der Waals surface area contributed by atoms with Crippen LogP contribution in [-0.4, -0.2) is 24.7 Å². The lowest BCUT2D eigenvalue weighted by Crippen LogP contribution is -2.58. The summed E-state index contributed by atoms with van der Waals surface area (Å²) in [6.45, 7) is 0.654. The van der Waals surface area contributed by atoms with Crippen molar-refractivity contribution in [3.8, 4) is 0 Å². The quantitative estimate of drug-likeness (QED) is 0.600. The van der Waals surface area contributed by atoms with Gasteiger partial charge in [-0.05, 0) is 12.8 Å². The Hall–Kier alpha value is -1.09. The molecule has 1 aliphatic carbocycles. The maximum absolute atomic E-state index is 11.8. The Balaban J connectivity index is 1.91.